The first kappa shape index (κ1) is 12.6. The average Bonchev–Trinajstić information content (AvgIpc) is 2.89. The molecular weight excluding hydrogens is 264 g/mol. The molecule has 1 aliphatic heterocycles. The smallest absolute Gasteiger partial charge is 0.226 e. The van der Waals surface area contributed by atoms with Crippen LogP contribution in [0.15, 0.2) is 6.33 Å². The quantitative estimate of drug-likeness (QED) is 0.837. The standard InChI is InChI=1S/C12H17ClN6/c13-10-9-11(16-8-15-9)18-12(17-10)14-4-7-19-5-2-1-3-6-19/h8H,1-7H2,(H2,14,15,16,17,18). The fourth-order valence-corrected chi connectivity index (χ4v) is 2.60. The normalized spacial score (nSPS) is 16.9. The number of piperidine rings is 1. The molecule has 0 radical (unpaired) electrons. The topological polar surface area (TPSA) is 69.7 Å². The summed E-state index contributed by atoms with van der Waals surface area (Å²) in [6, 6.07) is 0. The Morgan fingerprint density at radius 2 is 2.11 bits per heavy atom. The van der Waals surface area contributed by atoms with Gasteiger partial charge < -0.3 is 15.2 Å². The lowest BCUT2D eigenvalue weighted by atomic mass is 10.1. The Kier molecular flexibility index (Phi) is 3.79. The fourth-order valence-electron chi connectivity index (χ4n) is 2.39. The van der Waals surface area contributed by atoms with Crippen molar-refractivity contribution in [1.29, 1.82) is 0 Å². The minimum atomic E-state index is 0.406. The molecule has 0 atom stereocenters. The molecule has 1 aliphatic rings. The zero-order valence-corrected chi connectivity index (χ0v) is 11.4. The van der Waals surface area contributed by atoms with Crippen LogP contribution in [0.1, 0.15) is 19.3 Å². The van der Waals surface area contributed by atoms with E-state index in [1.807, 2.05) is 0 Å². The summed E-state index contributed by atoms with van der Waals surface area (Å²) in [5.41, 5.74) is 1.28. The third-order valence-corrected chi connectivity index (χ3v) is 3.67. The Balaban J connectivity index is 1.58. The zero-order chi connectivity index (χ0) is 13.1. The van der Waals surface area contributed by atoms with Crippen LogP contribution in [-0.4, -0.2) is 51.0 Å². The van der Waals surface area contributed by atoms with Crippen LogP contribution in [0.2, 0.25) is 5.15 Å². The number of imidazole rings is 1. The first-order valence-corrected chi connectivity index (χ1v) is 7.03. The number of aromatic nitrogens is 4. The van der Waals surface area contributed by atoms with Crippen molar-refractivity contribution in [3.63, 3.8) is 0 Å². The Labute approximate surface area is 116 Å². The summed E-state index contributed by atoms with van der Waals surface area (Å²) in [5.74, 6) is 0.543. The fraction of sp³-hybridized carbons (Fsp3) is 0.583. The summed E-state index contributed by atoms with van der Waals surface area (Å²) in [6.07, 6.45) is 5.55. The second-order valence-electron chi connectivity index (χ2n) is 4.77. The highest BCUT2D eigenvalue weighted by molar-refractivity contribution is 6.33. The van der Waals surface area contributed by atoms with Gasteiger partial charge in [0.15, 0.2) is 10.8 Å². The predicted molar refractivity (Wildman–Crippen MR) is 75.5 cm³/mol. The average molecular weight is 281 g/mol. The maximum Gasteiger partial charge on any atom is 0.226 e. The number of hydrogen-bond acceptors (Lipinski definition) is 5. The lowest BCUT2D eigenvalue weighted by Crippen LogP contribution is -2.33. The number of anilines is 1. The summed E-state index contributed by atoms with van der Waals surface area (Å²) >= 11 is 6.06. The maximum absolute atomic E-state index is 6.06. The van der Waals surface area contributed by atoms with Gasteiger partial charge in [-0.3, -0.25) is 0 Å². The van der Waals surface area contributed by atoms with Crippen LogP contribution >= 0.6 is 11.6 Å². The molecule has 0 bridgehead atoms. The lowest BCUT2D eigenvalue weighted by molar-refractivity contribution is 0.237. The summed E-state index contributed by atoms with van der Waals surface area (Å²) in [5, 5.41) is 3.62. The molecule has 0 unspecified atom stereocenters. The van der Waals surface area contributed by atoms with Crippen molar-refractivity contribution in [3.8, 4) is 0 Å². The number of nitrogens with one attached hydrogen (secondary N) is 2. The van der Waals surface area contributed by atoms with E-state index >= 15 is 0 Å². The monoisotopic (exact) mass is 280 g/mol. The van der Waals surface area contributed by atoms with Gasteiger partial charge in [0.05, 0.1) is 6.33 Å². The summed E-state index contributed by atoms with van der Waals surface area (Å²) < 4.78 is 0. The highest BCUT2D eigenvalue weighted by atomic mass is 35.5. The molecular formula is C12H17ClN6. The highest BCUT2D eigenvalue weighted by Gasteiger charge is 2.10. The molecule has 6 nitrogen and oxygen atoms in total. The number of aromatic amines is 1. The number of fused-ring (bicyclic) bond motifs is 1. The van der Waals surface area contributed by atoms with Crippen LogP contribution in [0, 0.1) is 0 Å². The molecule has 3 rings (SSSR count). The van der Waals surface area contributed by atoms with Crippen molar-refractivity contribution >= 4 is 28.7 Å². The molecule has 2 N–H and O–H groups in total. The van der Waals surface area contributed by atoms with Crippen molar-refractivity contribution in [3.05, 3.63) is 11.5 Å². The van der Waals surface area contributed by atoms with Crippen LogP contribution in [0.3, 0.4) is 0 Å². The molecule has 2 aromatic rings. The summed E-state index contributed by atoms with van der Waals surface area (Å²) in [4.78, 5) is 18.0. The van der Waals surface area contributed by atoms with Crippen LogP contribution in [-0.2, 0) is 0 Å². The Bertz CT molecular complexity index is 548. The van der Waals surface area contributed by atoms with E-state index in [-0.39, 0.29) is 0 Å². The minimum absolute atomic E-state index is 0.406. The minimum Gasteiger partial charge on any atom is -0.353 e. The third kappa shape index (κ3) is 2.96. The van der Waals surface area contributed by atoms with E-state index in [0.717, 1.165) is 13.1 Å². The molecule has 19 heavy (non-hydrogen) atoms. The van der Waals surface area contributed by atoms with Crippen LogP contribution in [0.5, 0.6) is 0 Å². The number of H-pyrrole nitrogens is 1. The van der Waals surface area contributed by atoms with Gasteiger partial charge in [0.1, 0.15) is 5.52 Å². The van der Waals surface area contributed by atoms with Gasteiger partial charge in [-0.1, -0.05) is 18.0 Å². The van der Waals surface area contributed by atoms with Crippen molar-refractivity contribution < 1.29 is 0 Å². The molecule has 3 heterocycles. The molecule has 2 aromatic heterocycles. The molecule has 0 saturated carbocycles. The maximum atomic E-state index is 6.06. The van der Waals surface area contributed by atoms with Crippen LogP contribution in [0.4, 0.5) is 5.95 Å². The van der Waals surface area contributed by atoms with Gasteiger partial charge in [-0.15, -0.1) is 0 Å². The highest BCUT2D eigenvalue weighted by Crippen LogP contribution is 2.18. The molecule has 0 aromatic carbocycles. The summed E-state index contributed by atoms with van der Waals surface area (Å²) in [6.45, 7) is 4.23. The second kappa shape index (κ2) is 5.71. The molecule has 1 fully saturated rings. The van der Waals surface area contributed by atoms with Crippen molar-refractivity contribution in [2.75, 3.05) is 31.5 Å². The Morgan fingerprint density at radius 3 is 2.95 bits per heavy atom. The Hall–Kier alpha value is -1.40. The number of rotatable bonds is 4. The lowest BCUT2D eigenvalue weighted by Gasteiger charge is -2.26. The van der Waals surface area contributed by atoms with Crippen molar-refractivity contribution in [2.45, 2.75) is 19.3 Å². The van der Waals surface area contributed by atoms with E-state index in [1.54, 1.807) is 6.33 Å². The first-order chi connectivity index (χ1) is 9.33. The molecule has 0 spiro atoms. The second-order valence-corrected chi connectivity index (χ2v) is 5.13. The van der Waals surface area contributed by atoms with E-state index < -0.39 is 0 Å². The van der Waals surface area contributed by atoms with E-state index in [1.165, 1.54) is 32.4 Å². The predicted octanol–water partition coefficient (Wildman–Crippen LogP) is 1.90. The molecule has 0 amide bonds. The van der Waals surface area contributed by atoms with Gasteiger partial charge in [0.25, 0.3) is 0 Å². The number of nitrogens with zero attached hydrogens (tertiary/aromatic N) is 4. The van der Waals surface area contributed by atoms with Gasteiger partial charge in [-0.25, -0.2) is 4.98 Å². The SMILES string of the molecule is Clc1nc(NCCN2CCCCC2)nc2nc[nH]c12. The molecule has 7 heteroatoms. The van der Waals surface area contributed by atoms with E-state index in [9.17, 15) is 0 Å². The molecule has 1 saturated heterocycles. The zero-order valence-electron chi connectivity index (χ0n) is 10.7. The number of likely N-dealkylation sites (tertiary alicyclic amines) is 1. The van der Waals surface area contributed by atoms with Crippen LogP contribution < -0.4 is 5.32 Å². The van der Waals surface area contributed by atoms with Gasteiger partial charge in [-0.05, 0) is 25.9 Å². The van der Waals surface area contributed by atoms with E-state index in [4.69, 9.17) is 11.6 Å². The summed E-state index contributed by atoms with van der Waals surface area (Å²) in [7, 11) is 0. The molecule has 0 aliphatic carbocycles. The first-order valence-electron chi connectivity index (χ1n) is 6.66. The van der Waals surface area contributed by atoms with E-state index in [2.05, 4.69) is 30.2 Å². The van der Waals surface area contributed by atoms with Gasteiger partial charge >= 0.3 is 0 Å². The Morgan fingerprint density at radius 1 is 1.26 bits per heavy atom. The van der Waals surface area contributed by atoms with E-state index in [0.29, 0.717) is 22.3 Å². The largest absolute Gasteiger partial charge is 0.353 e. The van der Waals surface area contributed by atoms with Gasteiger partial charge in [-0.2, -0.15) is 9.97 Å². The van der Waals surface area contributed by atoms with Gasteiger partial charge in [0, 0.05) is 13.1 Å². The number of halogens is 1. The van der Waals surface area contributed by atoms with Crippen molar-refractivity contribution in [2.24, 2.45) is 0 Å². The van der Waals surface area contributed by atoms with Crippen LogP contribution in [0.25, 0.3) is 11.2 Å². The van der Waals surface area contributed by atoms with Crippen molar-refractivity contribution in [1.82, 2.24) is 24.8 Å². The molecule has 102 valence electrons. The van der Waals surface area contributed by atoms with Gasteiger partial charge in [0.2, 0.25) is 5.95 Å². The third-order valence-electron chi connectivity index (χ3n) is 3.40. The number of hydrogen-bond donors (Lipinski definition) is 2.